The van der Waals surface area contributed by atoms with Crippen LogP contribution in [0.25, 0.3) is 0 Å². The first-order valence-corrected chi connectivity index (χ1v) is 16.5. The predicted molar refractivity (Wildman–Crippen MR) is 176 cm³/mol. The number of anilines is 1. The normalized spacial score (nSPS) is 17.5. The highest BCUT2D eigenvalue weighted by molar-refractivity contribution is 7.98. The van der Waals surface area contributed by atoms with E-state index in [0.717, 1.165) is 68.1 Å². The van der Waals surface area contributed by atoms with Crippen molar-refractivity contribution in [3.8, 4) is 5.75 Å². The van der Waals surface area contributed by atoms with Gasteiger partial charge in [0.2, 0.25) is 0 Å². The number of rotatable bonds is 17. The summed E-state index contributed by atoms with van der Waals surface area (Å²) in [6, 6.07) is 12.1. The Hall–Kier alpha value is -2.15. The van der Waals surface area contributed by atoms with E-state index in [-0.39, 0.29) is 12.0 Å². The maximum Gasteiger partial charge on any atom is 0.261 e. The Morgan fingerprint density at radius 1 is 1.12 bits per heavy atom. The van der Waals surface area contributed by atoms with Gasteiger partial charge in [-0.2, -0.15) is 0 Å². The van der Waals surface area contributed by atoms with Crippen LogP contribution in [0.4, 0.5) is 5.69 Å². The number of carbonyl (C=O) groups is 1. The van der Waals surface area contributed by atoms with Crippen LogP contribution in [-0.4, -0.2) is 44.1 Å². The fourth-order valence-corrected chi connectivity index (χ4v) is 6.18. The molecule has 3 unspecified atom stereocenters. The molecule has 1 aliphatic carbocycles. The number of hydrogen-bond acceptors (Lipinski definition) is 5. The van der Waals surface area contributed by atoms with Gasteiger partial charge in [0.25, 0.3) is 5.91 Å². The molecule has 41 heavy (non-hydrogen) atoms. The molecule has 1 saturated carbocycles. The number of halogens is 1. The monoisotopic (exact) mass is 600 g/mol. The third kappa shape index (κ3) is 9.69. The highest BCUT2D eigenvalue weighted by atomic mass is 35.5. The van der Waals surface area contributed by atoms with Crippen LogP contribution in [0.3, 0.4) is 0 Å². The Labute approximate surface area is 257 Å². The first kappa shape index (κ1) is 33.4. The molecule has 1 aliphatic rings. The molecule has 3 atom stereocenters. The zero-order chi connectivity index (χ0) is 29.8. The zero-order valence-corrected chi connectivity index (χ0v) is 27.3. The molecule has 0 spiro atoms. The lowest BCUT2D eigenvalue weighted by Gasteiger charge is -2.43. The van der Waals surface area contributed by atoms with Gasteiger partial charge in [-0.15, -0.1) is 0 Å². The Kier molecular flexibility index (Phi) is 13.9. The van der Waals surface area contributed by atoms with E-state index in [0.29, 0.717) is 29.3 Å². The van der Waals surface area contributed by atoms with Crippen LogP contribution in [0.2, 0.25) is 5.02 Å². The summed E-state index contributed by atoms with van der Waals surface area (Å²) < 4.78 is 15.0. The molecule has 0 aromatic heterocycles. The quantitative estimate of drug-likeness (QED) is 0.146. The lowest BCUT2D eigenvalue weighted by atomic mass is 9.70. The minimum absolute atomic E-state index is 0.0819. The average molecular weight is 601 g/mol. The van der Waals surface area contributed by atoms with Gasteiger partial charge in [-0.25, -0.2) is 0 Å². The van der Waals surface area contributed by atoms with Gasteiger partial charge in [0.05, 0.1) is 18.4 Å². The number of carbonyl (C=O) groups excluding carboxylic acids is 1. The van der Waals surface area contributed by atoms with Crippen molar-refractivity contribution in [3.63, 3.8) is 0 Å². The maximum absolute atomic E-state index is 13.1. The van der Waals surface area contributed by atoms with E-state index >= 15 is 0 Å². The Morgan fingerprint density at radius 3 is 2.56 bits per heavy atom. The van der Waals surface area contributed by atoms with Crippen molar-refractivity contribution in [1.29, 1.82) is 0 Å². The SMILES string of the molecule is CC/C=C/C(OC)C1CCC1CN(CCc1ccc(Cl)cc1CCC)c1cc(C(=O)NSC(C)C)ccc1OCC. The second-order valence-electron chi connectivity index (χ2n) is 11.1. The zero-order valence-electron chi connectivity index (χ0n) is 25.8. The molecule has 0 radical (unpaired) electrons. The number of hydrogen-bond donors (Lipinski definition) is 1. The van der Waals surface area contributed by atoms with E-state index in [1.807, 2.05) is 38.3 Å². The second-order valence-corrected chi connectivity index (χ2v) is 12.9. The van der Waals surface area contributed by atoms with Crippen LogP contribution in [0.1, 0.15) is 81.8 Å². The summed E-state index contributed by atoms with van der Waals surface area (Å²) in [5.41, 5.74) is 4.26. The molecule has 0 saturated heterocycles. The summed E-state index contributed by atoms with van der Waals surface area (Å²) in [4.78, 5) is 15.5. The van der Waals surface area contributed by atoms with Crippen molar-refractivity contribution in [3.05, 3.63) is 70.3 Å². The van der Waals surface area contributed by atoms with Crippen molar-refractivity contribution in [2.45, 2.75) is 84.5 Å². The molecular weight excluding hydrogens is 552 g/mol. The number of nitrogens with zero attached hydrogens (tertiary/aromatic N) is 1. The maximum atomic E-state index is 13.1. The standard InChI is InChI=1S/C34H49ClN2O3S/c1-7-10-12-32(39-6)30-17-14-28(30)23-37(20-19-25-13-16-29(35)21-26(25)11-8-2)31-22-27(15-18-33(31)40-9-3)34(38)36-41-24(4)5/h10,12-13,15-16,18,21-22,24,28,30,32H,7-9,11,14,17,19-20,23H2,1-6H3,(H,36,38)/b12-10+. The summed E-state index contributed by atoms with van der Waals surface area (Å²) in [5, 5.41) is 1.09. The molecule has 2 aromatic rings. The molecule has 1 fully saturated rings. The van der Waals surface area contributed by atoms with Gasteiger partial charge in [-0.05, 0) is 104 Å². The highest BCUT2D eigenvalue weighted by Crippen LogP contribution is 2.41. The van der Waals surface area contributed by atoms with Gasteiger partial charge in [0.15, 0.2) is 0 Å². The number of ether oxygens (including phenoxy) is 2. The largest absolute Gasteiger partial charge is 0.492 e. The van der Waals surface area contributed by atoms with Gasteiger partial charge >= 0.3 is 0 Å². The number of allylic oxidation sites excluding steroid dienone is 1. The third-order valence-electron chi connectivity index (χ3n) is 7.77. The molecule has 2 aromatic carbocycles. The van der Waals surface area contributed by atoms with Crippen LogP contribution in [0.5, 0.6) is 5.75 Å². The third-order valence-corrected chi connectivity index (χ3v) is 8.78. The van der Waals surface area contributed by atoms with Crippen LogP contribution in [0, 0.1) is 11.8 Å². The summed E-state index contributed by atoms with van der Waals surface area (Å²) in [6.45, 7) is 12.8. The van der Waals surface area contributed by atoms with E-state index in [1.54, 1.807) is 0 Å². The first-order chi connectivity index (χ1) is 19.8. The summed E-state index contributed by atoms with van der Waals surface area (Å²) in [6.07, 6.45) is 10.9. The number of aryl methyl sites for hydroxylation is 1. The Bertz CT molecular complexity index is 1140. The molecule has 1 N–H and O–H groups in total. The lowest BCUT2D eigenvalue weighted by molar-refractivity contribution is 0.0135. The van der Waals surface area contributed by atoms with E-state index in [1.165, 1.54) is 23.1 Å². The van der Waals surface area contributed by atoms with Crippen LogP contribution in [0.15, 0.2) is 48.6 Å². The van der Waals surface area contributed by atoms with Crippen LogP contribution < -0.4 is 14.4 Å². The minimum Gasteiger partial charge on any atom is -0.492 e. The first-order valence-electron chi connectivity index (χ1n) is 15.3. The number of methoxy groups -OCH3 is 1. The fraction of sp³-hybridized carbons (Fsp3) is 0.559. The van der Waals surface area contributed by atoms with E-state index in [2.05, 4.69) is 61.6 Å². The Morgan fingerprint density at radius 2 is 1.93 bits per heavy atom. The molecule has 0 bridgehead atoms. The molecule has 226 valence electrons. The average Bonchev–Trinajstić information content (AvgIpc) is 2.94. The van der Waals surface area contributed by atoms with Crippen molar-refractivity contribution in [2.24, 2.45) is 11.8 Å². The second kappa shape index (κ2) is 17.1. The van der Waals surface area contributed by atoms with Gasteiger partial charge in [-0.1, -0.05) is 63.9 Å². The van der Waals surface area contributed by atoms with Gasteiger partial charge < -0.3 is 14.4 Å². The number of benzene rings is 2. The summed E-state index contributed by atoms with van der Waals surface area (Å²) >= 11 is 7.80. The molecule has 7 heteroatoms. The molecule has 1 amide bonds. The van der Waals surface area contributed by atoms with Gasteiger partial charge in [0, 0.05) is 36.0 Å². The minimum atomic E-state index is -0.0819. The smallest absolute Gasteiger partial charge is 0.261 e. The van der Waals surface area contributed by atoms with Crippen molar-refractivity contribution < 1.29 is 14.3 Å². The molecular formula is C34H49ClN2O3S. The van der Waals surface area contributed by atoms with Gasteiger partial charge in [-0.3, -0.25) is 9.52 Å². The predicted octanol–water partition coefficient (Wildman–Crippen LogP) is 8.53. The van der Waals surface area contributed by atoms with Crippen LogP contribution in [-0.2, 0) is 17.6 Å². The van der Waals surface area contributed by atoms with E-state index in [9.17, 15) is 4.79 Å². The van der Waals surface area contributed by atoms with Crippen molar-refractivity contribution in [2.75, 3.05) is 31.7 Å². The van der Waals surface area contributed by atoms with Crippen molar-refractivity contribution >= 4 is 35.1 Å². The van der Waals surface area contributed by atoms with E-state index in [4.69, 9.17) is 21.1 Å². The molecule has 3 rings (SSSR count). The Balaban J connectivity index is 1.95. The molecule has 5 nitrogen and oxygen atoms in total. The van der Waals surface area contributed by atoms with Crippen molar-refractivity contribution in [1.82, 2.24) is 4.72 Å². The number of amides is 1. The fourth-order valence-electron chi connectivity index (χ4n) is 5.52. The van der Waals surface area contributed by atoms with Gasteiger partial charge in [0.1, 0.15) is 5.75 Å². The van der Waals surface area contributed by atoms with Crippen LogP contribution >= 0.6 is 23.5 Å². The lowest BCUT2D eigenvalue weighted by Crippen LogP contribution is -2.44. The number of nitrogens with one attached hydrogen (secondary N) is 1. The molecule has 0 aliphatic heterocycles. The summed E-state index contributed by atoms with van der Waals surface area (Å²) in [7, 11) is 1.82. The summed E-state index contributed by atoms with van der Waals surface area (Å²) in [5.74, 6) is 1.70. The highest BCUT2D eigenvalue weighted by Gasteiger charge is 2.37. The molecule has 0 heterocycles. The van der Waals surface area contributed by atoms with E-state index < -0.39 is 0 Å². The topological polar surface area (TPSA) is 50.8 Å².